The first-order valence-corrected chi connectivity index (χ1v) is 7.06. The summed E-state index contributed by atoms with van der Waals surface area (Å²) in [6.07, 6.45) is 4.43. The van der Waals surface area contributed by atoms with Gasteiger partial charge in [0, 0.05) is 17.8 Å². The molecule has 0 heterocycles. The molecule has 1 aromatic rings. The number of rotatable bonds is 3. The topological polar surface area (TPSA) is 73.6 Å². The van der Waals surface area contributed by atoms with E-state index in [0.717, 1.165) is 32.1 Å². The number of methoxy groups -OCH3 is 1. The highest BCUT2D eigenvalue weighted by atomic mass is 16.6. The van der Waals surface area contributed by atoms with Crippen molar-refractivity contribution in [2.75, 3.05) is 12.4 Å². The van der Waals surface area contributed by atoms with Crippen molar-refractivity contribution < 1.29 is 14.3 Å². The Kier molecular flexibility index (Phi) is 5.24. The molecule has 1 aliphatic rings. The monoisotopic (exact) mass is 278 g/mol. The van der Waals surface area contributed by atoms with Gasteiger partial charge in [-0.1, -0.05) is 18.9 Å². The fourth-order valence-corrected chi connectivity index (χ4v) is 2.43. The lowest BCUT2D eigenvalue weighted by atomic mass is 10.1. The van der Waals surface area contributed by atoms with E-state index >= 15 is 0 Å². The molecular formula is C15H22N2O3. The first kappa shape index (κ1) is 14.7. The van der Waals surface area contributed by atoms with Gasteiger partial charge in [0.25, 0.3) is 0 Å². The van der Waals surface area contributed by atoms with E-state index in [1.807, 2.05) is 12.1 Å². The van der Waals surface area contributed by atoms with Gasteiger partial charge in [0.1, 0.15) is 11.9 Å². The normalized spacial score (nSPS) is 22.7. The van der Waals surface area contributed by atoms with Gasteiger partial charge >= 0.3 is 6.09 Å². The number of ether oxygens (including phenoxy) is 2. The number of amides is 1. The maximum Gasteiger partial charge on any atom is 0.411 e. The van der Waals surface area contributed by atoms with Gasteiger partial charge in [-0.25, -0.2) is 4.79 Å². The van der Waals surface area contributed by atoms with E-state index in [1.165, 1.54) is 0 Å². The molecule has 5 nitrogen and oxygen atoms in total. The highest BCUT2D eigenvalue weighted by Gasteiger charge is 2.24. The van der Waals surface area contributed by atoms with Crippen molar-refractivity contribution in [3.05, 3.63) is 24.3 Å². The van der Waals surface area contributed by atoms with Crippen molar-refractivity contribution in [2.24, 2.45) is 5.73 Å². The zero-order valence-electron chi connectivity index (χ0n) is 11.8. The summed E-state index contributed by atoms with van der Waals surface area (Å²) in [6, 6.07) is 7.10. The van der Waals surface area contributed by atoms with Crippen LogP contribution in [0.4, 0.5) is 10.5 Å². The third kappa shape index (κ3) is 4.13. The summed E-state index contributed by atoms with van der Waals surface area (Å²) in [5.74, 6) is 0.689. The lowest BCUT2D eigenvalue weighted by Crippen LogP contribution is -2.38. The molecule has 5 heteroatoms. The van der Waals surface area contributed by atoms with Crippen molar-refractivity contribution in [3.8, 4) is 5.75 Å². The minimum Gasteiger partial charge on any atom is -0.497 e. The van der Waals surface area contributed by atoms with Gasteiger partial charge in [-0.3, -0.25) is 5.32 Å². The van der Waals surface area contributed by atoms with E-state index in [9.17, 15) is 4.79 Å². The van der Waals surface area contributed by atoms with Crippen molar-refractivity contribution in [2.45, 2.75) is 44.2 Å². The summed E-state index contributed by atoms with van der Waals surface area (Å²) in [5, 5.41) is 2.71. The van der Waals surface area contributed by atoms with Crippen LogP contribution in [-0.2, 0) is 4.74 Å². The molecule has 110 valence electrons. The van der Waals surface area contributed by atoms with Gasteiger partial charge in [0.2, 0.25) is 0 Å². The Morgan fingerprint density at radius 2 is 2.10 bits per heavy atom. The van der Waals surface area contributed by atoms with E-state index in [4.69, 9.17) is 15.2 Å². The number of anilines is 1. The summed E-state index contributed by atoms with van der Waals surface area (Å²) in [4.78, 5) is 11.9. The Balaban J connectivity index is 1.90. The number of hydrogen-bond donors (Lipinski definition) is 2. The number of nitrogens with two attached hydrogens (primary N) is 1. The van der Waals surface area contributed by atoms with Crippen LogP contribution in [0.2, 0.25) is 0 Å². The van der Waals surface area contributed by atoms with Gasteiger partial charge in [-0.05, 0) is 31.4 Å². The van der Waals surface area contributed by atoms with Crippen LogP contribution in [0, 0.1) is 0 Å². The lowest BCUT2D eigenvalue weighted by Gasteiger charge is -2.21. The molecule has 1 fully saturated rings. The second-order valence-electron chi connectivity index (χ2n) is 5.10. The maximum absolute atomic E-state index is 11.9. The van der Waals surface area contributed by atoms with Gasteiger partial charge in [0.05, 0.1) is 7.11 Å². The Morgan fingerprint density at radius 1 is 1.30 bits per heavy atom. The first-order valence-electron chi connectivity index (χ1n) is 7.06. The average molecular weight is 278 g/mol. The quantitative estimate of drug-likeness (QED) is 0.834. The van der Waals surface area contributed by atoms with Crippen LogP contribution in [0.3, 0.4) is 0 Å². The Hall–Kier alpha value is -1.75. The summed E-state index contributed by atoms with van der Waals surface area (Å²) in [7, 11) is 1.59. The zero-order chi connectivity index (χ0) is 14.4. The second-order valence-corrected chi connectivity index (χ2v) is 5.10. The highest BCUT2D eigenvalue weighted by Crippen LogP contribution is 2.21. The SMILES string of the molecule is COc1cccc(NC(=O)OC2CCCCCC2N)c1. The number of carbonyl (C=O) groups excluding carboxylic acids is 1. The Bertz CT molecular complexity index is 450. The Labute approximate surface area is 119 Å². The number of hydrogen-bond acceptors (Lipinski definition) is 4. The van der Waals surface area contributed by atoms with E-state index < -0.39 is 6.09 Å². The van der Waals surface area contributed by atoms with Gasteiger partial charge < -0.3 is 15.2 Å². The van der Waals surface area contributed by atoms with E-state index in [-0.39, 0.29) is 12.1 Å². The molecule has 0 saturated heterocycles. The molecule has 1 aromatic carbocycles. The molecule has 1 amide bonds. The van der Waals surface area contributed by atoms with Crippen LogP contribution in [0.15, 0.2) is 24.3 Å². The van der Waals surface area contributed by atoms with Crippen molar-refractivity contribution in [1.29, 1.82) is 0 Å². The number of nitrogens with one attached hydrogen (secondary N) is 1. The van der Waals surface area contributed by atoms with Crippen LogP contribution in [0.1, 0.15) is 32.1 Å². The molecule has 2 atom stereocenters. The van der Waals surface area contributed by atoms with Crippen molar-refractivity contribution in [3.63, 3.8) is 0 Å². The summed E-state index contributed by atoms with van der Waals surface area (Å²) in [5.41, 5.74) is 6.69. The highest BCUT2D eigenvalue weighted by molar-refractivity contribution is 5.85. The fraction of sp³-hybridized carbons (Fsp3) is 0.533. The third-order valence-electron chi connectivity index (χ3n) is 3.58. The molecule has 0 radical (unpaired) electrons. The van der Waals surface area contributed by atoms with Crippen LogP contribution in [0.25, 0.3) is 0 Å². The van der Waals surface area contributed by atoms with E-state index in [0.29, 0.717) is 11.4 Å². The second kappa shape index (κ2) is 7.14. The van der Waals surface area contributed by atoms with Gasteiger partial charge in [-0.15, -0.1) is 0 Å². The van der Waals surface area contributed by atoms with Crippen LogP contribution in [0.5, 0.6) is 5.75 Å². The Morgan fingerprint density at radius 3 is 2.90 bits per heavy atom. The predicted molar refractivity (Wildman–Crippen MR) is 77.9 cm³/mol. The van der Waals surface area contributed by atoms with E-state index in [1.54, 1.807) is 19.2 Å². The standard InChI is InChI=1S/C15H22N2O3/c1-19-12-7-5-6-11(10-12)17-15(18)20-14-9-4-2-3-8-13(14)16/h5-7,10,13-14H,2-4,8-9,16H2,1H3,(H,17,18). The van der Waals surface area contributed by atoms with Crippen molar-refractivity contribution >= 4 is 11.8 Å². The molecule has 0 aromatic heterocycles. The first-order chi connectivity index (χ1) is 9.69. The molecule has 3 N–H and O–H groups in total. The fourth-order valence-electron chi connectivity index (χ4n) is 2.43. The van der Waals surface area contributed by atoms with Crippen LogP contribution < -0.4 is 15.8 Å². The van der Waals surface area contributed by atoms with Gasteiger partial charge in [-0.2, -0.15) is 0 Å². The molecule has 0 bridgehead atoms. The molecule has 1 aliphatic carbocycles. The van der Waals surface area contributed by atoms with Gasteiger partial charge in [0.15, 0.2) is 0 Å². The molecule has 2 rings (SSSR count). The molecule has 2 unspecified atom stereocenters. The maximum atomic E-state index is 11.9. The minimum absolute atomic E-state index is 0.0615. The molecule has 0 aliphatic heterocycles. The lowest BCUT2D eigenvalue weighted by molar-refractivity contribution is 0.0898. The van der Waals surface area contributed by atoms with Crippen molar-refractivity contribution in [1.82, 2.24) is 0 Å². The predicted octanol–water partition coefficient (Wildman–Crippen LogP) is 2.90. The minimum atomic E-state index is -0.458. The zero-order valence-corrected chi connectivity index (χ0v) is 11.8. The molecule has 20 heavy (non-hydrogen) atoms. The largest absolute Gasteiger partial charge is 0.497 e. The van der Waals surface area contributed by atoms with Crippen LogP contribution >= 0.6 is 0 Å². The third-order valence-corrected chi connectivity index (χ3v) is 3.58. The summed E-state index contributed by atoms with van der Waals surface area (Å²) < 4.78 is 10.6. The number of benzene rings is 1. The summed E-state index contributed by atoms with van der Waals surface area (Å²) in [6.45, 7) is 0. The summed E-state index contributed by atoms with van der Waals surface area (Å²) >= 11 is 0. The van der Waals surface area contributed by atoms with E-state index in [2.05, 4.69) is 5.32 Å². The molecule has 1 saturated carbocycles. The van der Waals surface area contributed by atoms with Crippen LogP contribution in [-0.4, -0.2) is 25.3 Å². The molecule has 0 spiro atoms. The average Bonchev–Trinajstić information content (AvgIpc) is 2.64. The number of carbonyl (C=O) groups is 1. The molecular weight excluding hydrogens is 256 g/mol. The smallest absolute Gasteiger partial charge is 0.411 e.